The number of nitrogens with zero attached hydrogens (tertiary/aromatic N) is 4. The van der Waals surface area contributed by atoms with Crippen molar-refractivity contribution in [3.63, 3.8) is 0 Å². The Labute approximate surface area is 146 Å². The van der Waals surface area contributed by atoms with Gasteiger partial charge in [-0.1, -0.05) is 6.92 Å². The van der Waals surface area contributed by atoms with Crippen molar-refractivity contribution in [1.82, 2.24) is 18.7 Å². The average molecular weight is 352 g/mol. The molecule has 8 nitrogen and oxygen atoms in total. The van der Waals surface area contributed by atoms with Gasteiger partial charge in [-0.3, -0.25) is 13.9 Å². The van der Waals surface area contributed by atoms with Crippen molar-refractivity contribution in [3.05, 3.63) is 27.2 Å². The molecule has 0 radical (unpaired) electrons. The first kappa shape index (κ1) is 19.4. The highest BCUT2D eigenvalue weighted by Crippen LogP contribution is 2.18. The van der Waals surface area contributed by atoms with Crippen LogP contribution < -0.4 is 11.2 Å². The van der Waals surface area contributed by atoms with Gasteiger partial charge in [0.2, 0.25) is 0 Å². The molecular formula is C17H28N4O4. The molecule has 0 fully saturated rings. The molecule has 2 heterocycles. The number of aliphatic hydroxyl groups excluding tert-OH is 1. The van der Waals surface area contributed by atoms with Crippen molar-refractivity contribution in [2.75, 3.05) is 0 Å². The van der Waals surface area contributed by atoms with E-state index in [1.54, 1.807) is 32.5 Å². The van der Waals surface area contributed by atoms with E-state index in [4.69, 9.17) is 0 Å². The number of rotatable bonds is 7. The Balaban J connectivity index is 2.12. The fraction of sp³-hybridized carbons (Fsp3) is 0.706. The summed E-state index contributed by atoms with van der Waals surface area (Å²) in [5.41, 5.74) is -1.04. The fourth-order valence-corrected chi connectivity index (χ4v) is 2.88. The molecule has 2 rings (SSSR count). The lowest BCUT2D eigenvalue weighted by Crippen LogP contribution is -2.40. The number of aryl methyl sites for hydroxylation is 2. The molecule has 0 aromatic carbocycles. The van der Waals surface area contributed by atoms with Crippen LogP contribution in [0.3, 0.4) is 0 Å². The molecule has 25 heavy (non-hydrogen) atoms. The summed E-state index contributed by atoms with van der Waals surface area (Å²) in [6.07, 6.45) is 2.54. The Kier molecular flexibility index (Phi) is 5.53. The lowest BCUT2D eigenvalue weighted by molar-refractivity contribution is -0.0535. The zero-order valence-electron chi connectivity index (χ0n) is 15.6. The SMILES string of the molecule is C[C@H](CCC(O)C(C)(C)O)CCn1c(=O)c2c(ncn2C)n(C)c1=O. The minimum absolute atomic E-state index is 0.204. The van der Waals surface area contributed by atoms with Crippen molar-refractivity contribution in [1.29, 1.82) is 0 Å². The van der Waals surface area contributed by atoms with Gasteiger partial charge in [-0.15, -0.1) is 0 Å². The number of aromatic nitrogens is 4. The van der Waals surface area contributed by atoms with E-state index in [1.807, 2.05) is 6.92 Å². The van der Waals surface area contributed by atoms with Crippen LogP contribution in [-0.4, -0.2) is 40.6 Å². The topological polar surface area (TPSA) is 102 Å². The molecule has 0 saturated heterocycles. The molecule has 2 aromatic heterocycles. The van der Waals surface area contributed by atoms with Gasteiger partial charge in [-0.25, -0.2) is 9.78 Å². The number of aliphatic hydroxyl groups is 2. The third-order valence-corrected chi connectivity index (χ3v) is 4.79. The van der Waals surface area contributed by atoms with E-state index >= 15 is 0 Å². The van der Waals surface area contributed by atoms with E-state index in [2.05, 4.69) is 4.98 Å². The van der Waals surface area contributed by atoms with Gasteiger partial charge in [0.25, 0.3) is 5.56 Å². The Morgan fingerprint density at radius 1 is 1.20 bits per heavy atom. The summed E-state index contributed by atoms with van der Waals surface area (Å²) in [5, 5.41) is 19.7. The predicted octanol–water partition coefficient (Wildman–Crippen LogP) is 0.372. The predicted molar refractivity (Wildman–Crippen MR) is 95.5 cm³/mol. The van der Waals surface area contributed by atoms with E-state index < -0.39 is 11.7 Å². The first-order valence-corrected chi connectivity index (χ1v) is 8.55. The van der Waals surface area contributed by atoms with Crippen molar-refractivity contribution >= 4 is 11.2 Å². The monoisotopic (exact) mass is 352 g/mol. The molecule has 0 aliphatic rings. The number of hydrogen-bond donors (Lipinski definition) is 2. The summed E-state index contributed by atoms with van der Waals surface area (Å²) in [6, 6.07) is 0. The zero-order chi connectivity index (χ0) is 18.9. The van der Waals surface area contributed by atoms with Crippen LogP contribution in [0.1, 0.15) is 40.0 Å². The van der Waals surface area contributed by atoms with Gasteiger partial charge in [0, 0.05) is 20.6 Å². The number of hydrogen-bond acceptors (Lipinski definition) is 5. The third-order valence-electron chi connectivity index (χ3n) is 4.79. The highest BCUT2D eigenvalue weighted by atomic mass is 16.3. The molecule has 0 amide bonds. The Bertz CT molecular complexity index is 856. The summed E-state index contributed by atoms with van der Waals surface area (Å²) in [4.78, 5) is 29.1. The molecule has 0 saturated carbocycles. The van der Waals surface area contributed by atoms with Crippen molar-refractivity contribution in [3.8, 4) is 0 Å². The van der Waals surface area contributed by atoms with Crippen LogP contribution in [0.2, 0.25) is 0 Å². The van der Waals surface area contributed by atoms with Gasteiger partial charge in [0.05, 0.1) is 18.0 Å². The maximum atomic E-state index is 12.6. The van der Waals surface area contributed by atoms with Gasteiger partial charge in [-0.05, 0) is 39.0 Å². The molecule has 1 unspecified atom stereocenters. The summed E-state index contributed by atoms with van der Waals surface area (Å²) in [5.74, 6) is 0.204. The minimum atomic E-state index is -1.13. The molecule has 2 N–H and O–H groups in total. The second-order valence-electron chi connectivity index (χ2n) is 7.47. The standard InChI is InChI=1S/C17H28N4O4/c1-11(6-7-12(22)17(2,3)25)8-9-21-15(23)13-14(18-10-19(13)4)20(5)16(21)24/h10-12,22,25H,6-9H2,1-5H3/t11-,12?/m1/s1. The quantitative estimate of drug-likeness (QED) is 0.750. The second-order valence-corrected chi connectivity index (χ2v) is 7.47. The lowest BCUT2D eigenvalue weighted by Gasteiger charge is -2.25. The van der Waals surface area contributed by atoms with Gasteiger partial charge in [0.15, 0.2) is 11.2 Å². The van der Waals surface area contributed by atoms with Crippen LogP contribution in [0.5, 0.6) is 0 Å². The van der Waals surface area contributed by atoms with Crippen LogP contribution in [0.4, 0.5) is 0 Å². The van der Waals surface area contributed by atoms with E-state index in [-0.39, 0.29) is 17.2 Å². The largest absolute Gasteiger partial charge is 0.390 e. The molecule has 2 atom stereocenters. The van der Waals surface area contributed by atoms with E-state index in [1.165, 1.54) is 15.5 Å². The van der Waals surface area contributed by atoms with Gasteiger partial charge >= 0.3 is 5.69 Å². The molecule has 2 aromatic rings. The highest BCUT2D eigenvalue weighted by molar-refractivity contribution is 5.69. The van der Waals surface area contributed by atoms with Crippen LogP contribution in [0.25, 0.3) is 11.2 Å². The van der Waals surface area contributed by atoms with Gasteiger partial charge in [0.1, 0.15) is 0 Å². The average Bonchev–Trinajstić information content (AvgIpc) is 2.91. The van der Waals surface area contributed by atoms with E-state index in [9.17, 15) is 19.8 Å². The van der Waals surface area contributed by atoms with Crippen molar-refractivity contribution < 1.29 is 10.2 Å². The van der Waals surface area contributed by atoms with Crippen LogP contribution in [0.15, 0.2) is 15.9 Å². The van der Waals surface area contributed by atoms with E-state index in [0.717, 1.165) is 0 Å². The molecular weight excluding hydrogens is 324 g/mol. The maximum absolute atomic E-state index is 12.6. The highest BCUT2D eigenvalue weighted by Gasteiger charge is 2.24. The van der Waals surface area contributed by atoms with Crippen LogP contribution >= 0.6 is 0 Å². The summed E-state index contributed by atoms with van der Waals surface area (Å²) in [7, 11) is 3.34. The number of imidazole rings is 1. The summed E-state index contributed by atoms with van der Waals surface area (Å²) < 4.78 is 4.25. The van der Waals surface area contributed by atoms with Crippen LogP contribution in [0, 0.1) is 5.92 Å². The Morgan fingerprint density at radius 2 is 1.84 bits per heavy atom. The Morgan fingerprint density at radius 3 is 2.44 bits per heavy atom. The molecule has 140 valence electrons. The van der Waals surface area contributed by atoms with Crippen molar-refractivity contribution in [2.24, 2.45) is 20.0 Å². The minimum Gasteiger partial charge on any atom is -0.390 e. The van der Waals surface area contributed by atoms with Gasteiger partial charge < -0.3 is 14.8 Å². The van der Waals surface area contributed by atoms with E-state index in [0.29, 0.717) is 37.0 Å². The number of fused-ring (bicyclic) bond motifs is 1. The molecule has 0 bridgehead atoms. The normalized spacial score (nSPS) is 14.8. The van der Waals surface area contributed by atoms with Crippen LogP contribution in [-0.2, 0) is 20.6 Å². The fourth-order valence-electron chi connectivity index (χ4n) is 2.88. The molecule has 0 spiro atoms. The second kappa shape index (κ2) is 7.13. The zero-order valence-corrected chi connectivity index (χ0v) is 15.6. The molecule has 0 aliphatic carbocycles. The Hall–Kier alpha value is -1.93. The van der Waals surface area contributed by atoms with Gasteiger partial charge in [-0.2, -0.15) is 0 Å². The maximum Gasteiger partial charge on any atom is 0.332 e. The third kappa shape index (κ3) is 4.01. The van der Waals surface area contributed by atoms with Crippen molar-refractivity contribution in [2.45, 2.75) is 58.3 Å². The first-order valence-electron chi connectivity index (χ1n) is 8.55. The first-order chi connectivity index (χ1) is 11.5. The smallest absolute Gasteiger partial charge is 0.332 e. The summed E-state index contributed by atoms with van der Waals surface area (Å²) in [6.45, 7) is 5.48. The lowest BCUT2D eigenvalue weighted by atomic mass is 9.92. The molecule has 8 heteroatoms. The summed E-state index contributed by atoms with van der Waals surface area (Å²) >= 11 is 0. The molecule has 0 aliphatic heterocycles.